The van der Waals surface area contributed by atoms with E-state index < -0.39 is 24.5 Å². The second-order valence-electron chi connectivity index (χ2n) is 2.62. The van der Waals surface area contributed by atoms with Crippen LogP contribution in [0, 0.1) is 6.92 Å². The average molecular weight is 189 g/mol. The first kappa shape index (κ1) is 9.85. The van der Waals surface area contributed by atoms with E-state index in [1.165, 1.54) is 13.0 Å². The van der Waals surface area contributed by atoms with Gasteiger partial charge in [0.15, 0.2) is 0 Å². The van der Waals surface area contributed by atoms with Crippen molar-refractivity contribution in [2.75, 3.05) is 0 Å². The van der Waals surface area contributed by atoms with Crippen LogP contribution in [0.25, 0.3) is 0 Å². The molecule has 72 valence electrons. The van der Waals surface area contributed by atoms with E-state index in [0.717, 1.165) is 0 Å². The summed E-state index contributed by atoms with van der Waals surface area (Å²) in [7, 11) is 0. The molecule has 3 nitrogen and oxygen atoms in total. The molecule has 0 aliphatic rings. The Morgan fingerprint density at radius 1 is 1.54 bits per heavy atom. The van der Waals surface area contributed by atoms with Crippen molar-refractivity contribution in [1.82, 2.24) is 4.98 Å². The molecular weight excluding hydrogens is 180 g/mol. The zero-order valence-corrected chi connectivity index (χ0v) is 6.96. The summed E-state index contributed by atoms with van der Waals surface area (Å²) in [5.74, 6) is -0.507. The number of hydrogen-bond acceptors (Lipinski definition) is 3. The topological polar surface area (TPSA) is 53.4 Å². The van der Waals surface area contributed by atoms with Gasteiger partial charge in [-0.25, -0.2) is 13.8 Å². The zero-order chi connectivity index (χ0) is 10.0. The van der Waals surface area contributed by atoms with Crippen molar-refractivity contribution >= 4 is 0 Å². The maximum Gasteiger partial charge on any atom is 0.284 e. The van der Waals surface area contributed by atoms with Crippen LogP contribution in [0.1, 0.15) is 23.4 Å². The number of aliphatic hydroxyl groups excluding tert-OH is 1. The van der Waals surface area contributed by atoms with Gasteiger partial charge in [0.25, 0.3) is 6.43 Å². The minimum Gasteiger partial charge on any atom is -0.506 e. The molecule has 0 atom stereocenters. The number of aliphatic hydroxyl groups is 1. The molecule has 1 aromatic rings. The molecule has 0 aliphatic heterocycles. The molecule has 0 aliphatic carbocycles. The van der Waals surface area contributed by atoms with Crippen LogP contribution in [0.5, 0.6) is 5.75 Å². The molecule has 0 aromatic carbocycles. The highest BCUT2D eigenvalue weighted by Crippen LogP contribution is 2.29. The lowest BCUT2D eigenvalue weighted by molar-refractivity contribution is 0.140. The Bertz CT molecular complexity index is 315. The van der Waals surface area contributed by atoms with Gasteiger partial charge >= 0.3 is 0 Å². The second-order valence-corrected chi connectivity index (χ2v) is 2.62. The van der Waals surface area contributed by atoms with Gasteiger partial charge < -0.3 is 10.2 Å². The molecule has 5 heteroatoms. The number of rotatable bonds is 2. The molecule has 1 aromatic heterocycles. The van der Waals surface area contributed by atoms with Crippen molar-refractivity contribution < 1.29 is 19.0 Å². The summed E-state index contributed by atoms with van der Waals surface area (Å²) in [6.45, 7) is 1.06. The summed E-state index contributed by atoms with van der Waals surface area (Å²) < 4.78 is 24.4. The summed E-state index contributed by atoms with van der Waals surface area (Å²) in [5, 5.41) is 17.8. The van der Waals surface area contributed by atoms with Crippen molar-refractivity contribution in [3.63, 3.8) is 0 Å². The van der Waals surface area contributed by atoms with Crippen molar-refractivity contribution in [2.24, 2.45) is 0 Å². The first-order chi connectivity index (χ1) is 6.06. The van der Waals surface area contributed by atoms with Crippen LogP contribution in [0.4, 0.5) is 8.78 Å². The molecule has 0 bridgehead atoms. The maximum atomic E-state index is 12.2. The van der Waals surface area contributed by atoms with Gasteiger partial charge in [-0.3, -0.25) is 0 Å². The van der Waals surface area contributed by atoms with E-state index in [2.05, 4.69) is 4.98 Å². The van der Waals surface area contributed by atoms with Crippen LogP contribution in [-0.2, 0) is 6.61 Å². The minimum absolute atomic E-state index is 0.130. The Labute approximate surface area is 73.7 Å². The van der Waals surface area contributed by atoms with Crippen LogP contribution < -0.4 is 0 Å². The monoisotopic (exact) mass is 189 g/mol. The molecule has 0 spiro atoms. The van der Waals surface area contributed by atoms with E-state index in [1.807, 2.05) is 0 Å². The molecule has 2 N–H and O–H groups in total. The number of halogens is 2. The smallest absolute Gasteiger partial charge is 0.284 e. The van der Waals surface area contributed by atoms with Gasteiger partial charge in [0.1, 0.15) is 11.4 Å². The standard InChI is InChI=1S/C8H9F2NO2/c1-4-2-5(3-12)11-6(7(4)13)8(9)10/h2,8,12-13H,3H2,1H3. The molecule has 1 rings (SSSR count). The first-order valence-corrected chi connectivity index (χ1v) is 3.64. The van der Waals surface area contributed by atoms with Gasteiger partial charge in [0.05, 0.1) is 12.3 Å². The zero-order valence-electron chi connectivity index (χ0n) is 6.96. The molecule has 0 radical (unpaired) electrons. The lowest BCUT2D eigenvalue weighted by Gasteiger charge is -2.07. The van der Waals surface area contributed by atoms with Gasteiger partial charge in [0, 0.05) is 0 Å². The van der Waals surface area contributed by atoms with E-state index in [0.29, 0.717) is 0 Å². The van der Waals surface area contributed by atoms with Crippen molar-refractivity contribution in [2.45, 2.75) is 20.0 Å². The molecule has 0 amide bonds. The maximum absolute atomic E-state index is 12.2. The van der Waals surface area contributed by atoms with Crippen LogP contribution in [0.15, 0.2) is 6.07 Å². The van der Waals surface area contributed by atoms with Crippen molar-refractivity contribution in [3.8, 4) is 5.75 Å². The number of pyridine rings is 1. The lowest BCUT2D eigenvalue weighted by atomic mass is 10.2. The number of aryl methyl sites for hydroxylation is 1. The number of aromatic nitrogens is 1. The fraction of sp³-hybridized carbons (Fsp3) is 0.375. The predicted molar refractivity (Wildman–Crippen MR) is 41.5 cm³/mol. The number of nitrogens with zero attached hydrogens (tertiary/aromatic N) is 1. The van der Waals surface area contributed by atoms with Gasteiger partial charge in [-0.1, -0.05) is 0 Å². The molecule has 13 heavy (non-hydrogen) atoms. The van der Waals surface area contributed by atoms with Crippen molar-refractivity contribution in [3.05, 3.63) is 23.0 Å². The summed E-state index contributed by atoms with van der Waals surface area (Å²) in [4.78, 5) is 3.40. The lowest BCUT2D eigenvalue weighted by Crippen LogP contribution is -1.98. The van der Waals surface area contributed by atoms with E-state index in [-0.39, 0.29) is 11.3 Å². The van der Waals surface area contributed by atoms with E-state index in [9.17, 15) is 8.78 Å². The summed E-state index contributed by atoms with van der Waals surface area (Å²) in [6.07, 6.45) is -2.83. The van der Waals surface area contributed by atoms with Gasteiger partial charge in [-0.2, -0.15) is 0 Å². The van der Waals surface area contributed by atoms with Gasteiger partial charge in [-0.05, 0) is 18.6 Å². The Morgan fingerprint density at radius 3 is 2.62 bits per heavy atom. The average Bonchev–Trinajstić information content (AvgIpc) is 2.09. The van der Waals surface area contributed by atoms with Gasteiger partial charge in [-0.15, -0.1) is 0 Å². The normalized spacial score (nSPS) is 10.8. The molecule has 1 heterocycles. The van der Waals surface area contributed by atoms with Crippen LogP contribution >= 0.6 is 0 Å². The predicted octanol–water partition coefficient (Wildman–Crippen LogP) is 1.53. The Kier molecular flexibility index (Phi) is 2.77. The minimum atomic E-state index is -2.83. The largest absolute Gasteiger partial charge is 0.506 e. The highest BCUT2D eigenvalue weighted by molar-refractivity contribution is 5.37. The Morgan fingerprint density at radius 2 is 2.15 bits per heavy atom. The van der Waals surface area contributed by atoms with E-state index >= 15 is 0 Å². The fourth-order valence-corrected chi connectivity index (χ4v) is 0.993. The first-order valence-electron chi connectivity index (χ1n) is 3.64. The highest BCUT2D eigenvalue weighted by atomic mass is 19.3. The molecular formula is C8H9F2NO2. The van der Waals surface area contributed by atoms with E-state index in [1.54, 1.807) is 0 Å². The van der Waals surface area contributed by atoms with E-state index in [4.69, 9.17) is 10.2 Å². The third kappa shape index (κ3) is 1.92. The Balaban J connectivity index is 3.25. The molecule has 0 fully saturated rings. The molecule has 0 saturated carbocycles. The summed E-state index contributed by atoms with van der Waals surface area (Å²) in [5.41, 5.74) is -0.260. The fourth-order valence-electron chi connectivity index (χ4n) is 0.993. The van der Waals surface area contributed by atoms with Gasteiger partial charge in [0.2, 0.25) is 0 Å². The second kappa shape index (κ2) is 3.66. The van der Waals surface area contributed by atoms with Crippen molar-refractivity contribution in [1.29, 1.82) is 0 Å². The summed E-state index contributed by atoms with van der Waals surface area (Å²) in [6, 6.07) is 1.36. The van der Waals surface area contributed by atoms with Crippen LogP contribution in [-0.4, -0.2) is 15.2 Å². The number of aromatic hydroxyl groups is 1. The molecule has 0 unspecified atom stereocenters. The highest BCUT2D eigenvalue weighted by Gasteiger charge is 2.17. The van der Waals surface area contributed by atoms with Crippen LogP contribution in [0.3, 0.4) is 0 Å². The third-order valence-corrected chi connectivity index (χ3v) is 1.63. The number of hydrogen-bond donors (Lipinski definition) is 2. The summed E-state index contributed by atoms with van der Waals surface area (Å²) >= 11 is 0. The number of alkyl halides is 2. The van der Waals surface area contributed by atoms with Crippen LogP contribution in [0.2, 0.25) is 0 Å². The Hall–Kier alpha value is -1.23. The SMILES string of the molecule is Cc1cc(CO)nc(C(F)F)c1O. The quantitative estimate of drug-likeness (QED) is 0.741. The molecule has 0 saturated heterocycles. The third-order valence-electron chi connectivity index (χ3n) is 1.63.